The quantitative estimate of drug-likeness (QED) is 0.833. The molecule has 0 bridgehead atoms. The van der Waals surface area contributed by atoms with Gasteiger partial charge >= 0.3 is 0 Å². The van der Waals surface area contributed by atoms with Crippen LogP contribution in [0.5, 0.6) is 0 Å². The zero-order chi connectivity index (χ0) is 14.5. The summed E-state index contributed by atoms with van der Waals surface area (Å²) < 4.78 is 51.8. The number of hydrogen-bond acceptors (Lipinski definition) is 3. The van der Waals surface area contributed by atoms with Gasteiger partial charge in [-0.15, -0.1) is 0 Å². The Labute approximate surface area is 111 Å². The van der Waals surface area contributed by atoms with Gasteiger partial charge < -0.3 is 5.11 Å². The Hall–Kier alpha value is -1.05. The third-order valence-corrected chi connectivity index (χ3v) is 4.55. The zero-order valence-electron chi connectivity index (χ0n) is 10.6. The Kier molecular flexibility index (Phi) is 5.84. The Bertz CT molecular complexity index is 520. The van der Waals surface area contributed by atoms with E-state index < -0.39 is 26.6 Å². The molecule has 0 unspecified atom stereocenters. The van der Waals surface area contributed by atoms with Crippen molar-refractivity contribution in [2.45, 2.75) is 24.7 Å². The lowest BCUT2D eigenvalue weighted by molar-refractivity contribution is 0.252. The molecule has 0 aromatic heterocycles. The summed E-state index contributed by atoms with van der Waals surface area (Å²) in [7, 11) is -4.05. The standard InChI is InChI=1S/C12H17F2NO3S/c1-2-3-6-15(7-8-16)19(17,18)12-5-4-10(13)9-11(12)14/h4-5,9,16H,2-3,6-8H2,1H3. The van der Waals surface area contributed by atoms with Crippen LogP contribution >= 0.6 is 0 Å². The molecule has 19 heavy (non-hydrogen) atoms. The molecule has 1 aromatic rings. The largest absolute Gasteiger partial charge is 0.395 e. The van der Waals surface area contributed by atoms with Gasteiger partial charge in [0.05, 0.1) is 6.61 Å². The van der Waals surface area contributed by atoms with E-state index in [-0.39, 0.29) is 19.7 Å². The third kappa shape index (κ3) is 3.95. The molecular formula is C12H17F2NO3S. The van der Waals surface area contributed by atoms with Crippen LogP contribution in [0.1, 0.15) is 19.8 Å². The smallest absolute Gasteiger partial charge is 0.246 e. The molecule has 0 aliphatic carbocycles. The van der Waals surface area contributed by atoms with Gasteiger partial charge in [0.15, 0.2) is 0 Å². The first kappa shape index (κ1) is 16.0. The van der Waals surface area contributed by atoms with Crippen molar-refractivity contribution >= 4 is 10.0 Å². The second kappa shape index (κ2) is 6.93. The van der Waals surface area contributed by atoms with Crippen LogP contribution in [0, 0.1) is 11.6 Å². The van der Waals surface area contributed by atoms with E-state index in [9.17, 15) is 17.2 Å². The molecule has 0 atom stereocenters. The number of nitrogens with zero attached hydrogens (tertiary/aromatic N) is 1. The average Bonchev–Trinajstić information content (AvgIpc) is 2.33. The molecule has 0 amide bonds. The second-order valence-electron chi connectivity index (χ2n) is 4.06. The fourth-order valence-electron chi connectivity index (χ4n) is 1.62. The molecule has 0 spiro atoms. The monoisotopic (exact) mass is 293 g/mol. The predicted octanol–water partition coefficient (Wildman–Crippen LogP) is 1.75. The van der Waals surface area contributed by atoms with Crippen LogP contribution in [0.2, 0.25) is 0 Å². The summed E-state index contributed by atoms with van der Waals surface area (Å²) in [5.41, 5.74) is 0. The van der Waals surface area contributed by atoms with Gasteiger partial charge in [0.2, 0.25) is 10.0 Å². The van der Waals surface area contributed by atoms with Crippen molar-refractivity contribution in [2.24, 2.45) is 0 Å². The molecular weight excluding hydrogens is 276 g/mol. The van der Waals surface area contributed by atoms with Gasteiger partial charge in [0, 0.05) is 19.2 Å². The highest BCUT2D eigenvalue weighted by molar-refractivity contribution is 7.89. The Morgan fingerprint density at radius 3 is 2.47 bits per heavy atom. The van der Waals surface area contributed by atoms with E-state index in [1.54, 1.807) is 0 Å². The summed E-state index contributed by atoms with van der Waals surface area (Å²) in [6.45, 7) is 1.61. The van der Waals surface area contributed by atoms with E-state index in [0.717, 1.165) is 22.9 Å². The van der Waals surface area contributed by atoms with E-state index in [1.165, 1.54) is 0 Å². The van der Waals surface area contributed by atoms with Crippen LogP contribution in [0.25, 0.3) is 0 Å². The number of aliphatic hydroxyl groups excluding tert-OH is 1. The van der Waals surface area contributed by atoms with Gasteiger partial charge in [-0.05, 0) is 18.6 Å². The van der Waals surface area contributed by atoms with E-state index >= 15 is 0 Å². The Morgan fingerprint density at radius 1 is 1.26 bits per heavy atom. The van der Waals surface area contributed by atoms with Gasteiger partial charge in [-0.1, -0.05) is 13.3 Å². The lowest BCUT2D eigenvalue weighted by Crippen LogP contribution is -2.35. The van der Waals surface area contributed by atoms with Gasteiger partial charge in [-0.3, -0.25) is 0 Å². The van der Waals surface area contributed by atoms with E-state index in [0.29, 0.717) is 12.5 Å². The third-order valence-electron chi connectivity index (χ3n) is 2.62. The van der Waals surface area contributed by atoms with Crippen molar-refractivity contribution < 1.29 is 22.3 Å². The predicted molar refractivity (Wildman–Crippen MR) is 67.1 cm³/mol. The normalized spacial score (nSPS) is 12.1. The van der Waals surface area contributed by atoms with Crippen molar-refractivity contribution in [3.63, 3.8) is 0 Å². The van der Waals surface area contributed by atoms with Crippen molar-refractivity contribution in [2.75, 3.05) is 19.7 Å². The van der Waals surface area contributed by atoms with E-state index in [4.69, 9.17) is 5.11 Å². The van der Waals surface area contributed by atoms with E-state index in [1.807, 2.05) is 6.92 Å². The van der Waals surface area contributed by atoms with Crippen LogP contribution in [-0.2, 0) is 10.0 Å². The number of rotatable bonds is 7. The molecule has 0 heterocycles. The van der Waals surface area contributed by atoms with Crippen LogP contribution in [0.3, 0.4) is 0 Å². The molecule has 1 N–H and O–H groups in total. The number of benzene rings is 1. The van der Waals surface area contributed by atoms with Crippen molar-refractivity contribution in [3.05, 3.63) is 29.8 Å². The minimum Gasteiger partial charge on any atom is -0.395 e. The van der Waals surface area contributed by atoms with Gasteiger partial charge in [-0.25, -0.2) is 17.2 Å². The lowest BCUT2D eigenvalue weighted by Gasteiger charge is -2.21. The highest BCUT2D eigenvalue weighted by Crippen LogP contribution is 2.20. The molecule has 1 rings (SSSR count). The molecule has 0 aliphatic rings. The summed E-state index contributed by atoms with van der Waals surface area (Å²) in [5.74, 6) is -1.96. The zero-order valence-corrected chi connectivity index (χ0v) is 11.5. The highest BCUT2D eigenvalue weighted by atomic mass is 32.2. The van der Waals surface area contributed by atoms with Crippen LogP contribution < -0.4 is 0 Å². The first-order valence-corrected chi connectivity index (χ1v) is 7.43. The second-order valence-corrected chi connectivity index (χ2v) is 5.96. The van der Waals surface area contributed by atoms with E-state index in [2.05, 4.69) is 0 Å². The molecule has 108 valence electrons. The molecule has 7 heteroatoms. The first-order chi connectivity index (χ1) is 8.93. The number of aliphatic hydroxyl groups is 1. The van der Waals surface area contributed by atoms with Crippen molar-refractivity contribution in [3.8, 4) is 0 Å². The van der Waals surface area contributed by atoms with Crippen molar-refractivity contribution in [1.82, 2.24) is 4.31 Å². The number of hydrogen-bond donors (Lipinski definition) is 1. The summed E-state index contributed by atoms with van der Waals surface area (Å²) in [6, 6.07) is 2.33. The maximum Gasteiger partial charge on any atom is 0.246 e. The SMILES string of the molecule is CCCCN(CCO)S(=O)(=O)c1ccc(F)cc1F. The molecule has 0 saturated carbocycles. The van der Waals surface area contributed by atoms with Gasteiger partial charge in [-0.2, -0.15) is 4.31 Å². The fraction of sp³-hybridized carbons (Fsp3) is 0.500. The van der Waals surface area contributed by atoms with Gasteiger partial charge in [0.1, 0.15) is 16.5 Å². The van der Waals surface area contributed by atoms with Crippen LogP contribution in [0.15, 0.2) is 23.1 Å². The Balaban J connectivity index is 3.11. The van der Waals surface area contributed by atoms with Gasteiger partial charge in [0.25, 0.3) is 0 Å². The summed E-state index contributed by atoms with van der Waals surface area (Å²) in [4.78, 5) is -0.571. The molecule has 1 aromatic carbocycles. The van der Waals surface area contributed by atoms with Crippen LogP contribution in [0.4, 0.5) is 8.78 Å². The average molecular weight is 293 g/mol. The summed E-state index contributed by atoms with van der Waals surface area (Å²) in [5, 5.41) is 8.90. The molecule has 0 saturated heterocycles. The Morgan fingerprint density at radius 2 is 1.95 bits per heavy atom. The molecule has 0 aliphatic heterocycles. The fourth-order valence-corrected chi connectivity index (χ4v) is 3.14. The van der Waals surface area contributed by atoms with Crippen LogP contribution in [-0.4, -0.2) is 37.5 Å². The number of halogens is 2. The number of unbranched alkanes of at least 4 members (excludes halogenated alkanes) is 1. The lowest BCUT2D eigenvalue weighted by atomic mass is 10.3. The maximum atomic E-state index is 13.6. The highest BCUT2D eigenvalue weighted by Gasteiger charge is 2.26. The first-order valence-electron chi connectivity index (χ1n) is 5.99. The summed E-state index contributed by atoms with van der Waals surface area (Å²) in [6.07, 6.45) is 1.37. The molecule has 4 nitrogen and oxygen atoms in total. The number of sulfonamides is 1. The minimum absolute atomic E-state index is 0.112. The topological polar surface area (TPSA) is 57.6 Å². The minimum atomic E-state index is -4.05. The summed E-state index contributed by atoms with van der Waals surface area (Å²) >= 11 is 0. The molecule has 0 fully saturated rings. The maximum absolute atomic E-state index is 13.6. The molecule has 0 radical (unpaired) electrons. The van der Waals surface area contributed by atoms with Crippen molar-refractivity contribution in [1.29, 1.82) is 0 Å².